The van der Waals surface area contributed by atoms with Crippen LogP contribution in [0.25, 0.3) is 38.2 Å². The molecule has 3 heteroatoms. The first-order chi connectivity index (χ1) is 20.0. The van der Waals surface area contributed by atoms with E-state index in [0.717, 1.165) is 18.6 Å². The highest BCUT2D eigenvalue weighted by atomic mass is 35.5. The van der Waals surface area contributed by atoms with Crippen molar-refractivity contribution in [3.05, 3.63) is 124 Å². The van der Waals surface area contributed by atoms with Gasteiger partial charge < -0.3 is 4.42 Å². The number of furan rings is 1. The molecule has 0 atom stereocenters. The molecule has 0 saturated carbocycles. The minimum absolute atomic E-state index is 0.0495. The SMILES string of the molecule is Cc1cc2c3c(ccc2cc1-c1ccc2ccccc2c1Cc1ccc(C(=O)Cl)o1)C1=C(CC(C)(C)C=C1)CC3(C)C. The summed E-state index contributed by atoms with van der Waals surface area (Å²) < 4.78 is 5.84. The molecule has 0 aliphatic heterocycles. The molecular formula is C39H35ClO2. The third-order valence-electron chi connectivity index (χ3n) is 9.28. The van der Waals surface area contributed by atoms with E-state index in [0.29, 0.717) is 6.42 Å². The fourth-order valence-corrected chi connectivity index (χ4v) is 7.55. The molecule has 5 aromatic rings. The number of hydrogen-bond donors (Lipinski definition) is 0. The third kappa shape index (κ3) is 4.44. The number of benzene rings is 4. The summed E-state index contributed by atoms with van der Waals surface area (Å²) >= 11 is 5.70. The zero-order valence-electron chi connectivity index (χ0n) is 24.9. The van der Waals surface area contributed by atoms with Crippen LogP contribution in [0, 0.1) is 12.3 Å². The van der Waals surface area contributed by atoms with Gasteiger partial charge in [0.05, 0.1) is 0 Å². The average molecular weight is 571 g/mol. The van der Waals surface area contributed by atoms with E-state index in [1.54, 1.807) is 11.6 Å². The Morgan fingerprint density at radius 2 is 1.60 bits per heavy atom. The van der Waals surface area contributed by atoms with Gasteiger partial charge in [-0.25, -0.2) is 0 Å². The van der Waals surface area contributed by atoms with Gasteiger partial charge in [-0.1, -0.05) is 100 Å². The average Bonchev–Trinajstić information content (AvgIpc) is 3.41. The molecule has 7 rings (SSSR count). The molecule has 0 amide bonds. The van der Waals surface area contributed by atoms with Crippen LogP contribution >= 0.6 is 11.6 Å². The maximum atomic E-state index is 11.7. The molecule has 1 heterocycles. The van der Waals surface area contributed by atoms with Gasteiger partial charge in [-0.2, -0.15) is 0 Å². The van der Waals surface area contributed by atoms with Crippen LogP contribution in [0.5, 0.6) is 0 Å². The van der Waals surface area contributed by atoms with E-state index < -0.39 is 5.24 Å². The van der Waals surface area contributed by atoms with Crippen molar-refractivity contribution in [2.75, 3.05) is 0 Å². The Morgan fingerprint density at radius 3 is 2.38 bits per heavy atom. The molecule has 0 saturated heterocycles. The van der Waals surface area contributed by atoms with E-state index in [-0.39, 0.29) is 16.6 Å². The molecule has 0 spiro atoms. The Labute approximate surface area is 252 Å². The smallest absolute Gasteiger partial charge is 0.287 e. The molecule has 0 N–H and O–H groups in total. The van der Waals surface area contributed by atoms with Gasteiger partial charge in [0, 0.05) is 6.42 Å². The van der Waals surface area contributed by atoms with Crippen molar-refractivity contribution in [3.8, 4) is 11.1 Å². The van der Waals surface area contributed by atoms with E-state index in [2.05, 4.69) is 107 Å². The van der Waals surface area contributed by atoms with Gasteiger partial charge in [0.1, 0.15) is 5.76 Å². The van der Waals surface area contributed by atoms with E-state index in [4.69, 9.17) is 16.0 Å². The van der Waals surface area contributed by atoms with Crippen molar-refractivity contribution in [2.45, 2.75) is 59.3 Å². The lowest BCUT2D eigenvalue weighted by atomic mass is 9.64. The summed E-state index contributed by atoms with van der Waals surface area (Å²) in [5, 5.41) is 4.40. The Kier molecular flexibility index (Phi) is 6.15. The predicted molar refractivity (Wildman–Crippen MR) is 175 cm³/mol. The molecule has 2 aliphatic rings. The Morgan fingerprint density at radius 1 is 0.833 bits per heavy atom. The van der Waals surface area contributed by atoms with Gasteiger partial charge in [0.2, 0.25) is 0 Å². The Bertz CT molecular complexity index is 2000. The molecule has 2 aliphatic carbocycles. The number of hydrogen-bond acceptors (Lipinski definition) is 2. The minimum atomic E-state index is -0.577. The molecule has 0 fully saturated rings. The number of carbonyl (C=O) groups is 1. The molecule has 0 unspecified atom stereocenters. The highest BCUT2D eigenvalue weighted by Gasteiger charge is 2.36. The van der Waals surface area contributed by atoms with Crippen LogP contribution in [0.15, 0.2) is 94.9 Å². The molecule has 4 aromatic carbocycles. The van der Waals surface area contributed by atoms with Crippen molar-refractivity contribution >= 4 is 44.0 Å². The zero-order chi connectivity index (χ0) is 29.4. The number of aryl methyl sites for hydroxylation is 1. The van der Waals surface area contributed by atoms with Gasteiger partial charge >= 0.3 is 0 Å². The third-order valence-corrected chi connectivity index (χ3v) is 9.46. The van der Waals surface area contributed by atoms with E-state index in [1.807, 2.05) is 6.07 Å². The fraction of sp³-hybridized carbons (Fsp3) is 0.256. The standard InChI is InChI=1S/C39H35ClO2/c1-23-18-33-25(11-14-31-29-16-17-38(2,3)21-26(29)22-39(4,5)36(31)33)19-32(23)30-13-10-24-8-6-7-9-28(24)34(30)20-27-12-15-35(42-27)37(40)41/h6-19H,20-22H2,1-5H3. The fourth-order valence-electron chi connectivity index (χ4n) is 7.45. The maximum absolute atomic E-state index is 11.7. The molecule has 1 aromatic heterocycles. The normalized spacial score (nSPS) is 17.0. The van der Waals surface area contributed by atoms with Crippen LogP contribution in [-0.2, 0) is 11.8 Å². The monoisotopic (exact) mass is 570 g/mol. The number of carbonyl (C=O) groups excluding carboxylic acids is 1. The summed E-state index contributed by atoms with van der Waals surface area (Å²) in [4.78, 5) is 11.7. The van der Waals surface area contributed by atoms with Crippen molar-refractivity contribution in [3.63, 3.8) is 0 Å². The Hall–Kier alpha value is -3.88. The zero-order valence-corrected chi connectivity index (χ0v) is 25.7. The van der Waals surface area contributed by atoms with Crippen LogP contribution in [0.2, 0.25) is 0 Å². The second-order valence-corrected chi connectivity index (χ2v) is 13.8. The first kappa shape index (κ1) is 27.0. The molecule has 0 bridgehead atoms. The summed E-state index contributed by atoms with van der Waals surface area (Å²) in [6.07, 6.45) is 7.54. The largest absolute Gasteiger partial charge is 0.456 e. The molecular weight excluding hydrogens is 536 g/mol. The highest BCUT2D eigenvalue weighted by molar-refractivity contribution is 6.67. The quantitative estimate of drug-likeness (QED) is 0.201. The number of allylic oxidation sites excluding steroid dienone is 4. The number of rotatable bonds is 4. The second-order valence-electron chi connectivity index (χ2n) is 13.5. The van der Waals surface area contributed by atoms with Gasteiger partial charge in [-0.3, -0.25) is 4.79 Å². The van der Waals surface area contributed by atoms with Crippen LogP contribution in [0.4, 0.5) is 0 Å². The molecule has 2 nitrogen and oxygen atoms in total. The van der Waals surface area contributed by atoms with E-state index in [9.17, 15) is 4.79 Å². The summed E-state index contributed by atoms with van der Waals surface area (Å²) in [5.41, 5.74) is 11.0. The maximum Gasteiger partial charge on any atom is 0.287 e. The van der Waals surface area contributed by atoms with Gasteiger partial charge in [-0.15, -0.1) is 0 Å². The highest BCUT2D eigenvalue weighted by Crippen LogP contribution is 2.51. The molecule has 0 radical (unpaired) electrons. The molecule has 42 heavy (non-hydrogen) atoms. The Balaban J connectivity index is 1.41. The lowest BCUT2D eigenvalue weighted by Gasteiger charge is -2.40. The second kappa shape index (κ2) is 9.57. The van der Waals surface area contributed by atoms with Gasteiger partial charge in [-0.05, 0) is 121 Å². The lowest BCUT2D eigenvalue weighted by molar-refractivity contribution is 0.105. The van der Waals surface area contributed by atoms with E-state index in [1.165, 1.54) is 60.5 Å². The predicted octanol–water partition coefficient (Wildman–Crippen LogP) is 11.0. The van der Waals surface area contributed by atoms with Crippen molar-refractivity contribution in [2.24, 2.45) is 5.41 Å². The van der Waals surface area contributed by atoms with Crippen molar-refractivity contribution < 1.29 is 9.21 Å². The first-order valence-corrected chi connectivity index (χ1v) is 15.2. The van der Waals surface area contributed by atoms with Crippen LogP contribution in [-0.4, -0.2) is 5.24 Å². The number of halogens is 1. The van der Waals surface area contributed by atoms with Crippen LogP contribution < -0.4 is 0 Å². The number of fused-ring (bicyclic) bond motifs is 5. The van der Waals surface area contributed by atoms with Gasteiger partial charge in [0.15, 0.2) is 5.76 Å². The lowest BCUT2D eigenvalue weighted by Crippen LogP contribution is -2.27. The summed E-state index contributed by atoms with van der Waals surface area (Å²) in [6.45, 7) is 11.7. The van der Waals surface area contributed by atoms with Crippen molar-refractivity contribution in [1.82, 2.24) is 0 Å². The minimum Gasteiger partial charge on any atom is -0.456 e. The van der Waals surface area contributed by atoms with E-state index >= 15 is 0 Å². The summed E-state index contributed by atoms with van der Waals surface area (Å²) in [6, 6.07) is 25.8. The van der Waals surface area contributed by atoms with Crippen molar-refractivity contribution in [1.29, 1.82) is 0 Å². The van der Waals surface area contributed by atoms with Crippen LogP contribution in [0.3, 0.4) is 0 Å². The van der Waals surface area contributed by atoms with Gasteiger partial charge in [0.25, 0.3) is 5.24 Å². The summed E-state index contributed by atoms with van der Waals surface area (Å²) in [5.74, 6) is 0.899. The van der Waals surface area contributed by atoms with Crippen LogP contribution in [0.1, 0.15) is 79.1 Å². The molecule has 210 valence electrons. The summed E-state index contributed by atoms with van der Waals surface area (Å²) in [7, 11) is 0. The topological polar surface area (TPSA) is 30.2 Å². The first-order valence-electron chi connectivity index (χ1n) is 14.8.